The van der Waals surface area contributed by atoms with Crippen LogP contribution in [0.5, 0.6) is 0 Å². The molecule has 0 saturated carbocycles. The van der Waals surface area contributed by atoms with Crippen LogP contribution in [0.1, 0.15) is 34.6 Å². The summed E-state index contributed by atoms with van der Waals surface area (Å²) in [6.45, 7) is 5.14. The van der Waals surface area contributed by atoms with Gasteiger partial charge in [-0.3, -0.25) is 4.79 Å². The Bertz CT molecular complexity index is 770. The molecule has 1 saturated heterocycles. The minimum absolute atomic E-state index is 0.0123. The number of nitriles is 1. The zero-order valence-electron chi connectivity index (χ0n) is 12.8. The molecule has 0 bridgehead atoms. The average molecular weight is 294 g/mol. The third kappa shape index (κ3) is 2.64. The minimum Gasteiger partial charge on any atom is -0.339 e. The maximum absolute atomic E-state index is 12.6. The molecular weight excluding hydrogens is 276 g/mol. The van der Waals surface area contributed by atoms with Crippen LogP contribution in [0.25, 0.3) is 11.0 Å². The van der Waals surface area contributed by atoms with Gasteiger partial charge >= 0.3 is 0 Å². The van der Waals surface area contributed by atoms with Crippen LogP contribution >= 0.6 is 0 Å². The Kier molecular flexibility index (Phi) is 3.76. The Morgan fingerprint density at radius 2 is 1.82 bits per heavy atom. The molecule has 0 unspecified atom stereocenters. The summed E-state index contributed by atoms with van der Waals surface area (Å²) in [5.74, 6) is 0.0930. The fourth-order valence-electron chi connectivity index (χ4n) is 2.76. The number of aryl methyl sites for hydroxylation is 2. The highest BCUT2D eigenvalue weighted by Crippen LogP contribution is 2.20. The predicted octanol–water partition coefficient (Wildman–Crippen LogP) is 2.62. The number of carbonyl (C=O) groups is 1. The highest BCUT2D eigenvalue weighted by atomic mass is 16.2. The number of likely N-dealkylation sites (tertiary alicyclic amines) is 1. The summed E-state index contributed by atoms with van der Waals surface area (Å²) in [6, 6.07) is 7.76. The molecule has 1 amide bonds. The summed E-state index contributed by atoms with van der Waals surface area (Å²) in [4.78, 5) is 23.4. The molecule has 1 aliphatic rings. The second kappa shape index (κ2) is 5.72. The first-order chi connectivity index (χ1) is 10.6. The number of hydrogen-bond acceptors (Lipinski definition) is 4. The molecule has 1 aromatic carbocycles. The number of fused-ring (bicyclic) bond motifs is 1. The lowest BCUT2D eigenvalue weighted by molar-refractivity contribution is 0.0707. The van der Waals surface area contributed by atoms with Crippen molar-refractivity contribution >= 4 is 16.9 Å². The average Bonchev–Trinajstić information content (AvgIpc) is 2.55. The molecule has 5 nitrogen and oxygen atoms in total. The molecule has 0 atom stereocenters. The molecule has 2 heterocycles. The van der Waals surface area contributed by atoms with Gasteiger partial charge in [0.25, 0.3) is 5.91 Å². The smallest absolute Gasteiger partial charge is 0.253 e. The van der Waals surface area contributed by atoms with Gasteiger partial charge in [0, 0.05) is 24.6 Å². The Morgan fingerprint density at radius 3 is 2.45 bits per heavy atom. The van der Waals surface area contributed by atoms with Crippen LogP contribution in [-0.4, -0.2) is 33.9 Å². The van der Waals surface area contributed by atoms with Gasteiger partial charge in [0.2, 0.25) is 0 Å². The zero-order chi connectivity index (χ0) is 15.7. The quantitative estimate of drug-likeness (QED) is 0.810. The normalized spacial score (nSPS) is 15.8. The van der Waals surface area contributed by atoms with Crippen molar-refractivity contribution in [2.24, 2.45) is 5.92 Å². The van der Waals surface area contributed by atoms with E-state index in [1.807, 2.05) is 36.9 Å². The minimum atomic E-state index is 0.0123. The Balaban J connectivity index is 1.86. The van der Waals surface area contributed by atoms with E-state index < -0.39 is 0 Å². The largest absolute Gasteiger partial charge is 0.339 e. The molecule has 1 aliphatic heterocycles. The van der Waals surface area contributed by atoms with E-state index in [1.54, 1.807) is 0 Å². The van der Waals surface area contributed by atoms with Crippen LogP contribution in [0.3, 0.4) is 0 Å². The van der Waals surface area contributed by atoms with E-state index >= 15 is 0 Å². The molecule has 2 aromatic rings. The molecule has 5 heteroatoms. The van der Waals surface area contributed by atoms with Crippen molar-refractivity contribution in [2.75, 3.05) is 13.1 Å². The number of benzene rings is 1. The van der Waals surface area contributed by atoms with E-state index in [0.29, 0.717) is 18.7 Å². The van der Waals surface area contributed by atoms with Crippen molar-refractivity contribution in [1.82, 2.24) is 14.9 Å². The maximum atomic E-state index is 12.6. The lowest BCUT2D eigenvalue weighted by Crippen LogP contribution is -2.38. The van der Waals surface area contributed by atoms with Crippen LogP contribution in [0.4, 0.5) is 0 Å². The molecule has 0 N–H and O–H groups in total. The summed E-state index contributed by atoms with van der Waals surface area (Å²) >= 11 is 0. The third-order valence-corrected chi connectivity index (χ3v) is 4.29. The van der Waals surface area contributed by atoms with E-state index in [-0.39, 0.29) is 11.8 Å². The van der Waals surface area contributed by atoms with E-state index in [2.05, 4.69) is 16.0 Å². The van der Waals surface area contributed by atoms with Crippen molar-refractivity contribution in [3.05, 3.63) is 35.2 Å². The number of aromatic nitrogens is 2. The van der Waals surface area contributed by atoms with Gasteiger partial charge in [-0.25, -0.2) is 9.97 Å². The first-order valence-corrected chi connectivity index (χ1v) is 7.52. The third-order valence-electron chi connectivity index (χ3n) is 4.29. The molecule has 0 radical (unpaired) electrons. The number of piperidine rings is 1. The van der Waals surface area contributed by atoms with Gasteiger partial charge in [-0.05, 0) is 44.9 Å². The molecule has 0 spiro atoms. The second-order valence-corrected chi connectivity index (χ2v) is 5.79. The number of nitrogens with zero attached hydrogens (tertiary/aromatic N) is 4. The van der Waals surface area contributed by atoms with Gasteiger partial charge in [-0.1, -0.05) is 0 Å². The molecule has 3 rings (SSSR count). The van der Waals surface area contributed by atoms with E-state index in [4.69, 9.17) is 5.26 Å². The summed E-state index contributed by atoms with van der Waals surface area (Å²) in [6.07, 6.45) is 1.52. The lowest BCUT2D eigenvalue weighted by atomic mass is 9.98. The summed E-state index contributed by atoms with van der Waals surface area (Å²) in [5.41, 5.74) is 3.99. The standard InChI is InChI=1S/C17H18N4O/c1-11-12(2)20-16-9-14(3-4-15(16)19-11)17(22)21-7-5-13(10-18)6-8-21/h3-4,9,13H,5-8H2,1-2H3. The number of amides is 1. The van der Waals surface area contributed by atoms with Crippen molar-refractivity contribution in [3.63, 3.8) is 0 Å². The second-order valence-electron chi connectivity index (χ2n) is 5.79. The van der Waals surface area contributed by atoms with Gasteiger partial charge in [0.1, 0.15) is 0 Å². The fraction of sp³-hybridized carbons (Fsp3) is 0.412. The van der Waals surface area contributed by atoms with Crippen LogP contribution in [-0.2, 0) is 0 Å². The Morgan fingerprint density at radius 1 is 1.18 bits per heavy atom. The molecule has 22 heavy (non-hydrogen) atoms. The summed E-state index contributed by atoms with van der Waals surface area (Å²) in [7, 11) is 0. The topological polar surface area (TPSA) is 69.9 Å². The first kappa shape index (κ1) is 14.5. The van der Waals surface area contributed by atoms with Gasteiger partial charge in [-0.15, -0.1) is 0 Å². The molecule has 0 aliphatic carbocycles. The fourth-order valence-corrected chi connectivity index (χ4v) is 2.76. The predicted molar refractivity (Wildman–Crippen MR) is 83.3 cm³/mol. The van der Waals surface area contributed by atoms with Gasteiger partial charge < -0.3 is 4.90 Å². The Hall–Kier alpha value is -2.48. The molecule has 1 aromatic heterocycles. The number of hydrogen-bond donors (Lipinski definition) is 0. The van der Waals surface area contributed by atoms with Gasteiger partial charge in [0.05, 0.1) is 28.5 Å². The monoisotopic (exact) mass is 294 g/mol. The van der Waals surface area contributed by atoms with Gasteiger partial charge in [0.15, 0.2) is 0 Å². The number of carbonyl (C=O) groups excluding carboxylic acids is 1. The van der Waals surface area contributed by atoms with E-state index in [9.17, 15) is 4.79 Å². The highest BCUT2D eigenvalue weighted by Gasteiger charge is 2.23. The Labute approximate surface area is 129 Å². The molecule has 1 fully saturated rings. The van der Waals surface area contributed by atoms with Crippen molar-refractivity contribution in [1.29, 1.82) is 5.26 Å². The summed E-state index contributed by atoms with van der Waals surface area (Å²) in [5, 5.41) is 8.93. The van der Waals surface area contributed by atoms with Crippen LogP contribution < -0.4 is 0 Å². The highest BCUT2D eigenvalue weighted by molar-refractivity contribution is 5.97. The van der Waals surface area contributed by atoms with Gasteiger partial charge in [-0.2, -0.15) is 5.26 Å². The molecular formula is C17H18N4O. The molecule has 112 valence electrons. The summed E-state index contributed by atoms with van der Waals surface area (Å²) < 4.78 is 0. The van der Waals surface area contributed by atoms with E-state index in [0.717, 1.165) is 35.3 Å². The first-order valence-electron chi connectivity index (χ1n) is 7.52. The zero-order valence-corrected chi connectivity index (χ0v) is 12.8. The van der Waals surface area contributed by atoms with Crippen LogP contribution in [0, 0.1) is 31.1 Å². The maximum Gasteiger partial charge on any atom is 0.253 e. The number of rotatable bonds is 1. The SMILES string of the molecule is Cc1nc2ccc(C(=O)N3CCC(C#N)CC3)cc2nc1C. The van der Waals surface area contributed by atoms with Crippen LogP contribution in [0.2, 0.25) is 0 Å². The van der Waals surface area contributed by atoms with Crippen molar-refractivity contribution in [3.8, 4) is 6.07 Å². The lowest BCUT2D eigenvalue weighted by Gasteiger charge is -2.29. The van der Waals surface area contributed by atoms with E-state index in [1.165, 1.54) is 0 Å². The van der Waals surface area contributed by atoms with Crippen molar-refractivity contribution in [2.45, 2.75) is 26.7 Å². The van der Waals surface area contributed by atoms with Crippen LogP contribution in [0.15, 0.2) is 18.2 Å². The van der Waals surface area contributed by atoms with Crippen molar-refractivity contribution < 1.29 is 4.79 Å².